The monoisotopic (exact) mass is 114 g/mol. The lowest BCUT2D eigenvalue weighted by molar-refractivity contribution is -0.120. The van der Waals surface area contributed by atoms with Crippen LogP contribution in [0, 0.1) is 5.92 Å². The Morgan fingerprint density at radius 1 is 1.88 bits per heavy atom. The predicted molar refractivity (Wildman–Crippen MR) is 30.1 cm³/mol. The molecule has 8 heavy (non-hydrogen) atoms. The van der Waals surface area contributed by atoms with Gasteiger partial charge in [-0.3, -0.25) is 4.79 Å². The Morgan fingerprint density at radius 3 is 2.62 bits per heavy atom. The third-order valence-electron chi connectivity index (χ3n) is 1.51. The smallest absolute Gasteiger partial charge is 0.237 e. The summed E-state index contributed by atoms with van der Waals surface area (Å²) < 4.78 is 0. The minimum atomic E-state index is -0.269. The summed E-state index contributed by atoms with van der Waals surface area (Å²) in [7, 11) is 0. The van der Waals surface area contributed by atoms with Gasteiger partial charge in [-0.2, -0.15) is 0 Å². The van der Waals surface area contributed by atoms with Crippen LogP contribution in [0.5, 0.6) is 0 Å². The van der Waals surface area contributed by atoms with E-state index in [1.165, 1.54) is 0 Å². The average Bonchev–Trinajstić information content (AvgIpc) is 1.98. The molecule has 0 unspecified atom stereocenters. The van der Waals surface area contributed by atoms with Crippen molar-refractivity contribution in [1.29, 1.82) is 0 Å². The van der Waals surface area contributed by atoms with Crippen LogP contribution in [-0.2, 0) is 4.79 Å². The number of hydrogen-bond acceptors (Lipinski definition) is 2. The highest BCUT2D eigenvalue weighted by molar-refractivity contribution is 5.83. The Morgan fingerprint density at radius 2 is 2.50 bits per heavy atom. The van der Waals surface area contributed by atoms with E-state index in [9.17, 15) is 4.79 Å². The summed E-state index contributed by atoms with van der Waals surface area (Å²) in [5.74, 6) is 0.292. The number of carbonyl (C=O) groups is 1. The first-order valence-corrected chi connectivity index (χ1v) is 2.75. The molecule has 0 aliphatic carbocycles. The van der Waals surface area contributed by atoms with E-state index < -0.39 is 0 Å². The van der Waals surface area contributed by atoms with Crippen molar-refractivity contribution in [3.8, 4) is 0 Å². The zero-order chi connectivity index (χ0) is 6.15. The topological polar surface area (TPSA) is 55.1 Å². The molecule has 1 saturated heterocycles. The van der Waals surface area contributed by atoms with Crippen LogP contribution in [0.2, 0.25) is 0 Å². The molecule has 3 nitrogen and oxygen atoms in total. The van der Waals surface area contributed by atoms with Gasteiger partial charge in [0.2, 0.25) is 5.91 Å². The second kappa shape index (κ2) is 1.74. The van der Waals surface area contributed by atoms with E-state index in [4.69, 9.17) is 5.73 Å². The molecular formula is C5H10N2O. The lowest BCUT2D eigenvalue weighted by Gasteiger charge is -2.01. The molecule has 1 aliphatic rings. The van der Waals surface area contributed by atoms with Gasteiger partial charge in [0.05, 0.1) is 6.04 Å². The van der Waals surface area contributed by atoms with Crippen LogP contribution in [0.1, 0.15) is 6.92 Å². The van der Waals surface area contributed by atoms with Gasteiger partial charge < -0.3 is 11.1 Å². The number of hydrogen-bond donors (Lipinski definition) is 2. The molecule has 0 aromatic heterocycles. The van der Waals surface area contributed by atoms with Crippen molar-refractivity contribution in [1.82, 2.24) is 5.32 Å². The number of nitrogens with two attached hydrogens (primary N) is 1. The molecule has 3 N–H and O–H groups in total. The molecule has 0 aromatic rings. The third-order valence-corrected chi connectivity index (χ3v) is 1.51. The van der Waals surface area contributed by atoms with Crippen molar-refractivity contribution in [2.75, 3.05) is 6.54 Å². The van der Waals surface area contributed by atoms with Gasteiger partial charge in [-0.15, -0.1) is 0 Å². The van der Waals surface area contributed by atoms with Crippen LogP contribution >= 0.6 is 0 Å². The minimum Gasteiger partial charge on any atom is -0.354 e. The van der Waals surface area contributed by atoms with Crippen molar-refractivity contribution in [3.05, 3.63) is 0 Å². The van der Waals surface area contributed by atoms with Crippen molar-refractivity contribution in [2.24, 2.45) is 11.7 Å². The highest BCUT2D eigenvalue weighted by atomic mass is 16.2. The van der Waals surface area contributed by atoms with Crippen LogP contribution in [0.4, 0.5) is 0 Å². The van der Waals surface area contributed by atoms with Crippen LogP contribution in [0.3, 0.4) is 0 Å². The normalized spacial score (nSPS) is 37.5. The third kappa shape index (κ3) is 0.690. The first-order chi connectivity index (χ1) is 3.72. The zero-order valence-electron chi connectivity index (χ0n) is 4.85. The zero-order valence-corrected chi connectivity index (χ0v) is 4.85. The number of amides is 1. The summed E-state index contributed by atoms with van der Waals surface area (Å²) in [5.41, 5.74) is 5.41. The van der Waals surface area contributed by atoms with E-state index in [0.717, 1.165) is 6.54 Å². The number of carbonyl (C=O) groups excluding carboxylic acids is 1. The van der Waals surface area contributed by atoms with E-state index in [-0.39, 0.29) is 11.9 Å². The molecule has 1 amide bonds. The minimum absolute atomic E-state index is 0.0162. The first-order valence-electron chi connectivity index (χ1n) is 2.75. The standard InChI is InChI=1S/C5H10N2O/c1-3-2-7-5(8)4(3)6/h3-4H,2,6H2,1H3,(H,7,8)/t3-,4+/m0/s1. The summed E-state index contributed by atoms with van der Waals surface area (Å²) in [5, 5.41) is 2.66. The Hall–Kier alpha value is -0.570. The molecule has 46 valence electrons. The molecule has 0 spiro atoms. The van der Waals surface area contributed by atoms with Gasteiger partial charge in [-0.1, -0.05) is 6.92 Å². The highest BCUT2D eigenvalue weighted by Gasteiger charge is 2.26. The fourth-order valence-corrected chi connectivity index (χ4v) is 0.765. The van der Waals surface area contributed by atoms with E-state index in [1.54, 1.807) is 0 Å². The number of nitrogens with one attached hydrogen (secondary N) is 1. The Kier molecular flexibility index (Phi) is 1.21. The van der Waals surface area contributed by atoms with E-state index >= 15 is 0 Å². The second-order valence-corrected chi connectivity index (χ2v) is 2.25. The maximum atomic E-state index is 10.5. The largest absolute Gasteiger partial charge is 0.354 e. The lowest BCUT2D eigenvalue weighted by atomic mass is 10.1. The van der Waals surface area contributed by atoms with E-state index in [1.807, 2.05) is 6.92 Å². The van der Waals surface area contributed by atoms with Gasteiger partial charge in [0, 0.05) is 6.54 Å². The molecule has 1 aliphatic heterocycles. The van der Waals surface area contributed by atoms with Gasteiger partial charge in [-0.05, 0) is 5.92 Å². The number of rotatable bonds is 0. The molecule has 1 heterocycles. The molecule has 1 rings (SSSR count). The average molecular weight is 114 g/mol. The molecule has 3 heteroatoms. The fraction of sp³-hybridized carbons (Fsp3) is 0.800. The van der Waals surface area contributed by atoms with Crippen LogP contribution in [-0.4, -0.2) is 18.5 Å². The van der Waals surface area contributed by atoms with E-state index in [0.29, 0.717) is 5.92 Å². The molecule has 1 fully saturated rings. The SMILES string of the molecule is C[C@H]1CNC(=O)[C@@H]1N. The van der Waals surface area contributed by atoms with Gasteiger partial charge in [-0.25, -0.2) is 0 Å². The predicted octanol–water partition coefficient (Wildman–Crippen LogP) is -0.920. The summed E-state index contributed by atoms with van der Waals surface area (Å²) >= 11 is 0. The molecule has 0 radical (unpaired) electrons. The van der Waals surface area contributed by atoms with Crippen LogP contribution in [0.15, 0.2) is 0 Å². The van der Waals surface area contributed by atoms with Crippen molar-refractivity contribution in [3.63, 3.8) is 0 Å². The Bertz CT molecular complexity index is 113. The summed E-state index contributed by atoms with van der Waals surface area (Å²) in [4.78, 5) is 10.5. The van der Waals surface area contributed by atoms with Gasteiger partial charge >= 0.3 is 0 Å². The fourth-order valence-electron chi connectivity index (χ4n) is 0.765. The molecule has 2 atom stereocenters. The highest BCUT2D eigenvalue weighted by Crippen LogP contribution is 2.04. The molecule has 0 aromatic carbocycles. The maximum absolute atomic E-state index is 10.5. The lowest BCUT2D eigenvalue weighted by Crippen LogP contribution is -2.32. The quantitative estimate of drug-likeness (QED) is 0.428. The van der Waals surface area contributed by atoms with Crippen molar-refractivity contribution in [2.45, 2.75) is 13.0 Å². The second-order valence-electron chi connectivity index (χ2n) is 2.25. The van der Waals surface area contributed by atoms with Gasteiger partial charge in [0.1, 0.15) is 0 Å². The molecule has 0 bridgehead atoms. The summed E-state index contributed by atoms with van der Waals surface area (Å²) in [6.07, 6.45) is 0. The molecular weight excluding hydrogens is 104 g/mol. The first kappa shape index (κ1) is 5.56. The Balaban J connectivity index is 2.56. The Labute approximate surface area is 48.2 Å². The van der Waals surface area contributed by atoms with E-state index in [2.05, 4.69) is 5.32 Å². The van der Waals surface area contributed by atoms with Gasteiger partial charge in [0.25, 0.3) is 0 Å². The van der Waals surface area contributed by atoms with Crippen LogP contribution in [0.25, 0.3) is 0 Å². The summed E-state index contributed by atoms with van der Waals surface area (Å²) in [6, 6.07) is -0.269. The summed E-state index contributed by atoms with van der Waals surface area (Å²) in [6.45, 7) is 2.70. The van der Waals surface area contributed by atoms with Crippen LogP contribution < -0.4 is 11.1 Å². The van der Waals surface area contributed by atoms with Crippen molar-refractivity contribution >= 4 is 5.91 Å². The van der Waals surface area contributed by atoms with Crippen molar-refractivity contribution < 1.29 is 4.79 Å². The van der Waals surface area contributed by atoms with Gasteiger partial charge in [0.15, 0.2) is 0 Å². The molecule has 0 saturated carbocycles. The maximum Gasteiger partial charge on any atom is 0.237 e.